The number of amides is 1. The summed E-state index contributed by atoms with van der Waals surface area (Å²) < 4.78 is 16.3. The maximum atomic E-state index is 13.3. The summed E-state index contributed by atoms with van der Waals surface area (Å²) in [6.07, 6.45) is 5.21. The molecule has 0 bridgehead atoms. The van der Waals surface area contributed by atoms with Gasteiger partial charge in [0.05, 0.1) is 26.7 Å². The highest BCUT2D eigenvalue weighted by atomic mass is 16.5. The van der Waals surface area contributed by atoms with Gasteiger partial charge < -0.3 is 18.9 Å². The Kier molecular flexibility index (Phi) is 8.04. The first-order valence-corrected chi connectivity index (χ1v) is 13.2. The van der Waals surface area contributed by atoms with E-state index >= 15 is 0 Å². The Hall–Kier alpha value is -3.39. The molecule has 0 N–H and O–H groups in total. The van der Waals surface area contributed by atoms with Crippen molar-refractivity contribution in [1.29, 1.82) is 0 Å². The molecule has 0 radical (unpaired) electrons. The fraction of sp³-hybridized carbons (Fsp3) is 0.483. The molecule has 1 atom stereocenters. The summed E-state index contributed by atoms with van der Waals surface area (Å²) >= 11 is 0. The van der Waals surface area contributed by atoms with Gasteiger partial charge in [-0.3, -0.25) is 9.69 Å². The van der Waals surface area contributed by atoms with Gasteiger partial charge in [0.25, 0.3) is 0 Å². The van der Waals surface area contributed by atoms with Crippen LogP contribution in [0.25, 0.3) is 11.4 Å². The van der Waals surface area contributed by atoms with Gasteiger partial charge in [0.15, 0.2) is 11.5 Å². The fourth-order valence-electron chi connectivity index (χ4n) is 5.57. The number of carbonyl (C=O) groups is 1. The molecule has 3 aromatic rings. The number of rotatable bonds is 8. The van der Waals surface area contributed by atoms with E-state index in [1.165, 1.54) is 5.56 Å². The van der Waals surface area contributed by atoms with Crippen LogP contribution in [-0.4, -0.2) is 66.2 Å². The zero-order valence-electron chi connectivity index (χ0n) is 21.8. The molecule has 2 fully saturated rings. The van der Waals surface area contributed by atoms with Gasteiger partial charge in [0, 0.05) is 25.2 Å². The Morgan fingerprint density at radius 1 is 1.00 bits per heavy atom. The number of hydrogen-bond acceptors (Lipinski definition) is 7. The Balaban J connectivity index is 1.14. The van der Waals surface area contributed by atoms with Crippen LogP contribution >= 0.6 is 0 Å². The molecule has 37 heavy (non-hydrogen) atoms. The molecule has 0 aliphatic carbocycles. The van der Waals surface area contributed by atoms with Crippen molar-refractivity contribution >= 4 is 5.91 Å². The number of hydrogen-bond donors (Lipinski definition) is 0. The summed E-state index contributed by atoms with van der Waals surface area (Å²) in [4.78, 5) is 22.3. The van der Waals surface area contributed by atoms with Crippen molar-refractivity contribution < 1.29 is 18.8 Å². The first-order valence-electron chi connectivity index (χ1n) is 13.2. The van der Waals surface area contributed by atoms with Crippen LogP contribution in [0.2, 0.25) is 0 Å². The van der Waals surface area contributed by atoms with E-state index in [9.17, 15) is 4.79 Å². The lowest BCUT2D eigenvalue weighted by atomic mass is 9.89. The van der Waals surface area contributed by atoms with Gasteiger partial charge in [-0.25, -0.2) is 0 Å². The monoisotopic (exact) mass is 504 g/mol. The van der Waals surface area contributed by atoms with Crippen LogP contribution in [0.3, 0.4) is 0 Å². The number of likely N-dealkylation sites (tertiary alicyclic amines) is 2. The average molecular weight is 505 g/mol. The summed E-state index contributed by atoms with van der Waals surface area (Å²) in [5, 5.41) is 4.16. The van der Waals surface area contributed by atoms with Gasteiger partial charge in [-0.1, -0.05) is 35.5 Å². The second-order valence-corrected chi connectivity index (χ2v) is 10.1. The third-order valence-electron chi connectivity index (χ3n) is 7.62. The van der Waals surface area contributed by atoms with Gasteiger partial charge in [-0.05, 0) is 68.3 Å². The predicted octanol–water partition coefficient (Wildman–Crippen LogP) is 4.45. The Morgan fingerprint density at radius 2 is 1.78 bits per heavy atom. The summed E-state index contributed by atoms with van der Waals surface area (Å²) in [5.74, 6) is 3.34. The van der Waals surface area contributed by atoms with Crippen molar-refractivity contribution in [2.24, 2.45) is 11.8 Å². The van der Waals surface area contributed by atoms with Crippen LogP contribution in [0, 0.1) is 11.8 Å². The number of carbonyl (C=O) groups excluding carboxylic acids is 1. The molecule has 0 saturated carbocycles. The number of methoxy groups -OCH3 is 2. The summed E-state index contributed by atoms with van der Waals surface area (Å²) in [6, 6.07) is 16.2. The molecule has 2 aliphatic heterocycles. The first-order chi connectivity index (χ1) is 18.1. The van der Waals surface area contributed by atoms with E-state index in [2.05, 4.69) is 50.3 Å². The Morgan fingerprint density at radius 3 is 2.54 bits per heavy atom. The lowest BCUT2D eigenvalue weighted by molar-refractivity contribution is -0.138. The number of aromatic nitrogens is 2. The van der Waals surface area contributed by atoms with Crippen LogP contribution in [0.15, 0.2) is 53.1 Å². The maximum absolute atomic E-state index is 13.3. The minimum atomic E-state index is 0.0349. The molecule has 1 unspecified atom stereocenters. The normalized spacial score (nSPS) is 19.1. The second kappa shape index (κ2) is 11.8. The van der Waals surface area contributed by atoms with E-state index in [4.69, 9.17) is 14.0 Å². The van der Waals surface area contributed by atoms with Gasteiger partial charge in [0.1, 0.15) is 0 Å². The van der Waals surface area contributed by atoms with E-state index in [1.807, 2.05) is 18.2 Å². The lowest BCUT2D eigenvalue weighted by Gasteiger charge is -2.37. The number of nitrogens with zero attached hydrogens (tertiary/aromatic N) is 4. The minimum Gasteiger partial charge on any atom is -0.493 e. The van der Waals surface area contributed by atoms with E-state index in [-0.39, 0.29) is 5.92 Å². The average Bonchev–Trinajstić information content (AvgIpc) is 3.42. The fourth-order valence-corrected chi connectivity index (χ4v) is 5.57. The predicted molar refractivity (Wildman–Crippen MR) is 140 cm³/mol. The van der Waals surface area contributed by atoms with Crippen LogP contribution < -0.4 is 9.47 Å². The second-order valence-electron chi connectivity index (χ2n) is 10.1. The summed E-state index contributed by atoms with van der Waals surface area (Å²) in [6.45, 7) is 3.94. The quantitative estimate of drug-likeness (QED) is 0.448. The van der Waals surface area contributed by atoms with Crippen molar-refractivity contribution in [3.63, 3.8) is 0 Å². The molecular formula is C29H36N4O4. The van der Waals surface area contributed by atoms with E-state index in [0.29, 0.717) is 41.6 Å². The van der Waals surface area contributed by atoms with E-state index < -0.39 is 0 Å². The molecule has 8 heteroatoms. The number of piperidine rings is 2. The van der Waals surface area contributed by atoms with Crippen molar-refractivity contribution in [2.45, 2.75) is 38.6 Å². The molecule has 1 amide bonds. The molecule has 8 nitrogen and oxygen atoms in total. The molecule has 2 aliphatic rings. The highest BCUT2D eigenvalue weighted by molar-refractivity contribution is 5.79. The topological polar surface area (TPSA) is 80.9 Å². The standard InChI is InChI=1S/C29H36N4O4/c1-35-25-11-10-23(18-26(25)36-2)28-30-27(37-31-28)20-32-14-6-9-24(19-32)29(34)33-15-12-22(13-16-33)17-21-7-4-3-5-8-21/h3-5,7-8,10-11,18,22,24H,6,9,12-17,19-20H2,1-2H3. The van der Waals surface area contributed by atoms with Crippen molar-refractivity contribution in [2.75, 3.05) is 40.4 Å². The SMILES string of the molecule is COc1ccc(-c2noc(CN3CCCC(C(=O)N4CCC(Cc5ccccc5)CC4)C3)n2)cc1OC. The maximum Gasteiger partial charge on any atom is 0.241 e. The molecular weight excluding hydrogens is 468 g/mol. The molecule has 1 aromatic heterocycles. The minimum absolute atomic E-state index is 0.0349. The van der Waals surface area contributed by atoms with Crippen LogP contribution in [0.5, 0.6) is 11.5 Å². The van der Waals surface area contributed by atoms with Crippen molar-refractivity contribution in [3.05, 3.63) is 60.0 Å². The summed E-state index contributed by atoms with van der Waals surface area (Å²) in [5.41, 5.74) is 2.19. The van der Waals surface area contributed by atoms with Gasteiger partial charge in [-0.15, -0.1) is 0 Å². The third-order valence-corrected chi connectivity index (χ3v) is 7.62. The first kappa shape index (κ1) is 25.3. The highest BCUT2D eigenvalue weighted by Crippen LogP contribution is 2.31. The summed E-state index contributed by atoms with van der Waals surface area (Å²) in [7, 11) is 3.21. The van der Waals surface area contributed by atoms with Crippen LogP contribution in [-0.2, 0) is 17.8 Å². The van der Waals surface area contributed by atoms with Gasteiger partial charge in [-0.2, -0.15) is 4.98 Å². The van der Waals surface area contributed by atoms with Crippen molar-refractivity contribution in [3.8, 4) is 22.9 Å². The molecule has 0 spiro atoms. The van der Waals surface area contributed by atoms with Crippen LogP contribution in [0.1, 0.15) is 37.1 Å². The molecule has 2 aromatic carbocycles. The highest BCUT2D eigenvalue weighted by Gasteiger charge is 2.32. The zero-order chi connectivity index (χ0) is 25.6. The third kappa shape index (κ3) is 6.13. The molecule has 5 rings (SSSR count). The van der Waals surface area contributed by atoms with Gasteiger partial charge >= 0.3 is 0 Å². The molecule has 2 saturated heterocycles. The lowest BCUT2D eigenvalue weighted by Crippen LogP contribution is -2.47. The Labute approximate surface area is 218 Å². The van der Waals surface area contributed by atoms with E-state index in [0.717, 1.165) is 63.8 Å². The van der Waals surface area contributed by atoms with Crippen molar-refractivity contribution in [1.82, 2.24) is 19.9 Å². The van der Waals surface area contributed by atoms with Crippen LogP contribution in [0.4, 0.5) is 0 Å². The molecule has 3 heterocycles. The molecule has 196 valence electrons. The zero-order valence-corrected chi connectivity index (χ0v) is 21.8. The van der Waals surface area contributed by atoms with Gasteiger partial charge in [0.2, 0.25) is 17.6 Å². The van der Waals surface area contributed by atoms with E-state index in [1.54, 1.807) is 14.2 Å². The largest absolute Gasteiger partial charge is 0.493 e. The Bertz CT molecular complexity index is 1170. The number of benzene rings is 2. The number of ether oxygens (including phenoxy) is 2. The smallest absolute Gasteiger partial charge is 0.241 e.